The topological polar surface area (TPSA) is 4.93 Å². The van der Waals surface area contributed by atoms with Crippen LogP contribution in [0.15, 0.2) is 103 Å². The summed E-state index contributed by atoms with van der Waals surface area (Å²) >= 11 is 0. The molecule has 0 N–H and O–H groups in total. The summed E-state index contributed by atoms with van der Waals surface area (Å²) in [6, 6.07) is 36.9. The standard InChI is InChI=1S/C31H27N/c1-22-14-16-26(17-15-22)27-18-19-31-30(21-27)29(20-23(2)25-10-6-4-7-11-25)24(3)32(31)28-12-8-5-9-13-28/h4-21H,1-3H3/b23-20+. The zero-order chi connectivity index (χ0) is 22.1. The molecule has 0 radical (unpaired) electrons. The minimum Gasteiger partial charge on any atom is -0.313 e. The van der Waals surface area contributed by atoms with Crippen molar-refractivity contribution < 1.29 is 0 Å². The van der Waals surface area contributed by atoms with Gasteiger partial charge < -0.3 is 4.57 Å². The Morgan fingerprint density at radius 3 is 2.00 bits per heavy atom. The molecule has 0 amide bonds. The van der Waals surface area contributed by atoms with E-state index >= 15 is 0 Å². The van der Waals surface area contributed by atoms with Crippen LogP contribution in [0.25, 0.3) is 39.4 Å². The van der Waals surface area contributed by atoms with Crippen molar-refractivity contribution >= 4 is 22.6 Å². The summed E-state index contributed by atoms with van der Waals surface area (Å²) in [6.45, 7) is 6.55. The Morgan fingerprint density at radius 1 is 0.688 bits per heavy atom. The highest BCUT2D eigenvalue weighted by Gasteiger charge is 2.15. The fraction of sp³-hybridized carbons (Fsp3) is 0.0968. The van der Waals surface area contributed by atoms with Crippen molar-refractivity contribution in [2.24, 2.45) is 0 Å². The van der Waals surface area contributed by atoms with Crippen molar-refractivity contribution in [2.45, 2.75) is 20.8 Å². The molecule has 0 atom stereocenters. The maximum atomic E-state index is 2.37. The van der Waals surface area contributed by atoms with Gasteiger partial charge in [0.1, 0.15) is 0 Å². The molecule has 0 saturated carbocycles. The van der Waals surface area contributed by atoms with Crippen LogP contribution in [0.2, 0.25) is 0 Å². The Labute approximate surface area is 190 Å². The van der Waals surface area contributed by atoms with Gasteiger partial charge in [0.05, 0.1) is 5.52 Å². The van der Waals surface area contributed by atoms with Crippen molar-refractivity contribution in [3.05, 3.63) is 126 Å². The fourth-order valence-electron chi connectivity index (χ4n) is 4.46. The van der Waals surface area contributed by atoms with Crippen molar-refractivity contribution in [1.82, 2.24) is 4.57 Å². The van der Waals surface area contributed by atoms with Gasteiger partial charge in [-0.2, -0.15) is 0 Å². The number of nitrogens with zero attached hydrogens (tertiary/aromatic N) is 1. The number of hydrogen-bond acceptors (Lipinski definition) is 0. The highest BCUT2D eigenvalue weighted by molar-refractivity contribution is 5.99. The molecule has 32 heavy (non-hydrogen) atoms. The first-order chi connectivity index (χ1) is 15.6. The maximum Gasteiger partial charge on any atom is 0.0538 e. The van der Waals surface area contributed by atoms with Crippen LogP contribution in [0.3, 0.4) is 0 Å². The van der Waals surface area contributed by atoms with Crippen LogP contribution in [-0.2, 0) is 0 Å². The molecule has 1 heterocycles. The van der Waals surface area contributed by atoms with E-state index < -0.39 is 0 Å². The van der Waals surface area contributed by atoms with E-state index in [9.17, 15) is 0 Å². The van der Waals surface area contributed by atoms with Gasteiger partial charge in [-0.3, -0.25) is 0 Å². The summed E-state index contributed by atoms with van der Waals surface area (Å²) in [5.74, 6) is 0. The summed E-state index contributed by atoms with van der Waals surface area (Å²) in [5, 5.41) is 1.28. The molecule has 1 heteroatoms. The number of hydrogen-bond donors (Lipinski definition) is 0. The van der Waals surface area contributed by atoms with E-state index in [0.29, 0.717) is 0 Å². The van der Waals surface area contributed by atoms with E-state index in [-0.39, 0.29) is 0 Å². The molecule has 0 saturated heterocycles. The lowest BCUT2D eigenvalue weighted by Crippen LogP contribution is -1.96. The Bertz CT molecular complexity index is 1400. The van der Waals surface area contributed by atoms with Gasteiger partial charge in [0.2, 0.25) is 0 Å². The first-order valence-electron chi connectivity index (χ1n) is 11.1. The van der Waals surface area contributed by atoms with Gasteiger partial charge in [0, 0.05) is 22.3 Å². The van der Waals surface area contributed by atoms with Crippen LogP contribution in [0.1, 0.15) is 29.3 Å². The molecule has 0 aliphatic rings. The van der Waals surface area contributed by atoms with Gasteiger partial charge in [-0.05, 0) is 73.4 Å². The van der Waals surface area contributed by atoms with Crippen LogP contribution in [0.5, 0.6) is 0 Å². The molecule has 0 spiro atoms. The Balaban J connectivity index is 1.76. The molecule has 5 aromatic rings. The molecule has 0 bridgehead atoms. The molecule has 156 valence electrons. The first kappa shape index (κ1) is 20.1. The second kappa shape index (κ2) is 8.36. The maximum absolute atomic E-state index is 2.37. The predicted molar refractivity (Wildman–Crippen MR) is 138 cm³/mol. The predicted octanol–water partition coefficient (Wildman–Crippen LogP) is 8.47. The summed E-state index contributed by atoms with van der Waals surface area (Å²) in [5.41, 5.74) is 11.2. The number of aryl methyl sites for hydroxylation is 1. The van der Waals surface area contributed by atoms with E-state index in [4.69, 9.17) is 0 Å². The van der Waals surface area contributed by atoms with Crippen molar-refractivity contribution in [3.63, 3.8) is 0 Å². The summed E-state index contributed by atoms with van der Waals surface area (Å²) in [4.78, 5) is 0. The molecule has 0 unspecified atom stereocenters. The van der Waals surface area contributed by atoms with E-state index in [1.165, 1.54) is 55.7 Å². The van der Waals surface area contributed by atoms with Crippen LogP contribution in [0, 0.1) is 13.8 Å². The number of para-hydroxylation sites is 1. The average molecular weight is 414 g/mol. The third-order valence-corrected chi connectivity index (χ3v) is 6.24. The lowest BCUT2D eigenvalue weighted by molar-refractivity contribution is 1.05. The van der Waals surface area contributed by atoms with E-state index in [1.54, 1.807) is 0 Å². The quantitative estimate of drug-likeness (QED) is 0.278. The van der Waals surface area contributed by atoms with Gasteiger partial charge in [0.15, 0.2) is 0 Å². The third-order valence-electron chi connectivity index (χ3n) is 6.24. The molecule has 1 aromatic heterocycles. The number of fused-ring (bicyclic) bond motifs is 1. The van der Waals surface area contributed by atoms with Gasteiger partial charge >= 0.3 is 0 Å². The molecular formula is C31H27N. The van der Waals surface area contributed by atoms with E-state index in [2.05, 4.69) is 135 Å². The third kappa shape index (κ3) is 3.67. The molecular weight excluding hydrogens is 386 g/mol. The summed E-state index contributed by atoms with van der Waals surface area (Å²) in [7, 11) is 0. The van der Waals surface area contributed by atoms with Crippen LogP contribution < -0.4 is 0 Å². The number of rotatable bonds is 4. The fourth-order valence-corrected chi connectivity index (χ4v) is 4.46. The number of benzene rings is 4. The van der Waals surface area contributed by atoms with Gasteiger partial charge in [-0.1, -0.05) is 84.4 Å². The van der Waals surface area contributed by atoms with Crippen LogP contribution >= 0.6 is 0 Å². The van der Waals surface area contributed by atoms with Crippen molar-refractivity contribution in [3.8, 4) is 16.8 Å². The molecule has 1 nitrogen and oxygen atoms in total. The van der Waals surface area contributed by atoms with Crippen LogP contribution in [0.4, 0.5) is 0 Å². The molecule has 4 aromatic carbocycles. The SMILES string of the molecule is C/C(=C\c1c(C)n(-c2ccccc2)c2ccc(-c3ccc(C)cc3)cc12)c1ccccc1. The highest BCUT2D eigenvalue weighted by Crippen LogP contribution is 2.35. The van der Waals surface area contributed by atoms with Gasteiger partial charge in [0.25, 0.3) is 0 Å². The Hall–Kier alpha value is -3.84. The van der Waals surface area contributed by atoms with Crippen LogP contribution in [-0.4, -0.2) is 4.57 Å². The summed E-state index contributed by atoms with van der Waals surface area (Å²) < 4.78 is 2.37. The molecule has 5 rings (SSSR count). The van der Waals surface area contributed by atoms with E-state index in [1.807, 2.05) is 0 Å². The zero-order valence-electron chi connectivity index (χ0n) is 18.8. The van der Waals surface area contributed by atoms with Gasteiger partial charge in [-0.15, -0.1) is 0 Å². The minimum atomic E-state index is 1.19. The monoisotopic (exact) mass is 413 g/mol. The largest absolute Gasteiger partial charge is 0.313 e. The molecule has 0 aliphatic carbocycles. The number of aromatic nitrogens is 1. The lowest BCUT2D eigenvalue weighted by Gasteiger charge is -2.09. The smallest absolute Gasteiger partial charge is 0.0538 e. The summed E-state index contributed by atoms with van der Waals surface area (Å²) in [6.07, 6.45) is 2.34. The first-order valence-corrected chi connectivity index (χ1v) is 11.1. The second-order valence-corrected chi connectivity index (χ2v) is 8.46. The Kier molecular flexibility index (Phi) is 5.25. The van der Waals surface area contributed by atoms with Crippen molar-refractivity contribution in [2.75, 3.05) is 0 Å². The highest BCUT2D eigenvalue weighted by atomic mass is 15.0. The molecule has 0 aliphatic heterocycles. The van der Waals surface area contributed by atoms with E-state index in [0.717, 1.165) is 0 Å². The Morgan fingerprint density at radius 2 is 1.31 bits per heavy atom. The second-order valence-electron chi connectivity index (χ2n) is 8.46. The lowest BCUT2D eigenvalue weighted by atomic mass is 9.99. The normalized spacial score (nSPS) is 11.8. The minimum absolute atomic E-state index is 1.19. The van der Waals surface area contributed by atoms with Crippen molar-refractivity contribution in [1.29, 1.82) is 0 Å². The average Bonchev–Trinajstić information content (AvgIpc) is 3.11. The zero-order valence-corrected chi connectivity index (χ0v) is 18.8. The molecule has 0 fully saturated rings. The van der Waals surface area contributed by atoms with Gasteiger partial charge in [-0.25, -0.2) is 0 Å². The number of allylic oxidation sites excluding steroid dienone is 1.